The minimum Gasteiger partial charge on any atom is -0.457 e. The normalized spacial score (nSPS) is 34.9. The minimum absolute atomic E-state index is 0.0746. The van der Waals surface area contributed by atoms with Gasteiger partial charge in [0.05, 0.1) is 29.4 Å². The smallest absolute Gasteiger partial charge is 0.420 e. The molecule has 2 aromatic rings. The molecule has 55 heavy (non-hydrogen) atoms. The molecule has 2 aliphatic rings. The van der Waals surface area contributed by atoms with Gasteiger partial charge in [-0.1, -0.05) is 39.0 Å². The van der Waals surface area contributed by atoms with Crippen LogP contribution in [-0.4, -0.2) is 113 Å². The molecule has 0 bridgehead atoms. The fourth-order valence-electron chi connectivity index (χ4n) is 7.68. The molecule has 0 saturated carbocycles. The number of esters is 2. The second-order valence-electron chi connectivity index (χ2n) is 15.5. The summed E-state index contributed by atoms with van der Waals surface area (Å²) >= 11 is 0. The number of cyclic esters (lactones) is 1. The third-order valence-electron chi connectivity index (χ3n) is 10.9. The number of benzene rings is 1. The Kier molecular flexibility index (Phi) is 14.3. The lowest BCUT2D eigenvalue weighted by molar-refractivity contribution is -0.294. The van der Waals surface area contributed by atoms with Crippen LogP contribution < -0.4 is 0 Å². The van der Waals surface area contributed by atoms with Crippen LogP contribution in [0.4, 0.5) is 4.79 Å². The summed E-state index contributed by atoms with van der Waals surface area (Å²) in [7, 11) is 5.21. The number of hydrogen-bond donors (Lipinski definition) is 0. The van der Waals surface area contributed by atoms with Gasteiger partial charge in [0.15, 0.2) is 29.6 Å². The summed E-state index contributed by atoms with van der Waals surface area (Å²) in [5.74, 6) is -5.23. The first kappa shape index (κ1) is 43.5. The molecule has 1 aromatic carbocycles. The van der Waals surface area contributed by atoms with Gasteiger partial charge < -0.3 is 33.3 Å². The summed E-state index contributed by atoms with van der Waals surface area (Å²) in [6.07, 6.45) is 0.963. The van der Waals surface area contributed by atoms with Crippen LogP contribution in [0.2, 0.25) is 0 Å². The number of ether oxygens (including phenoxy) is 6. The van der Waals surface area contributed by atoms with Crippen LogP contribution in [-0.2, 0) is 42.8 Å². The molecular formula is C41H57N3O11. The molecule has 0 amide bonds. The lowest BCUT2D eigenvalue weighted by Crippen LogP contribution is -2.60. The molecule has 0 spiro atoms. The predicted molar refractivity (Wildman–Crippen MR) is 201 cm³/mol. The molecule has 0 aliphatic carbocycles. The van der Waals surface area contributed by atoms with Crippen LogP contribution in [0.3, 0.4) is 0 Å². The van der Waals surface area contributed by atoms with Gasteiger partial charge in [-0.3, -0.25) is 14.4 Å². The number of allylic oxidation sites excluding steroid dienone is 1. The largest absolute Gasteiger partial charge is 0.457 e. The van der Waals surface area contributed by atoms with Crippen LogP contribution in [0.25, 0.3) is 0 Å². The highest BCUT2D eigenvalue weighted by molar-refractivity contribution is 6.00. The first-order valence-electron chi connectivity index (χ1n) is 18.8. The van der Waals surface area contributed by atoms with E-state index in [1.165, 1.54) is 38.8 Å². The van der Waals surface area contributed by atoms with Gasteiger partial charge in [-0.25, -0.2) is 19.1 Å². The molecule has 4 rings (SSSR count). The van der Waals surface area contributed by atoms with Gasteiger partial charge in [-0.05, 0) is 91.8 Å². The second-order valence-corrected chi connectivity index (χ2v) is 15.5. The number of rotatable bonds is 8. The van der Waals surface area contributed by atoms with Crippen LogP contribution in [0.15, 0.2) is 60.7 Å². The van der Waals surface area contributed by atoms with E-state index in [9.17, 15) is 24.0 Å². The quantitative estimate of drug-likeness (QED) is 0.190. The van der Waals surface area contributed by atoms with Crippen molar-refractivity contribution in [1.82, 2.24) is 14.5 Å². The fourth-order valence-corrected chi connectivity index (χ4v) is 7.68. The zero-order valence-electron chi connectivity index (χ0n) is 33.8. The topological polar surface area (TPSA) is 162 Å². The van der Waals surface area contributed by atoms with E-state index in [0.29, 0.717) is 12.0 Å². The second kappa shape index (κ2) is 18.1. The highest BCUT2D eigenvalue weighted by Gasteiger charge is 2.51. The number of carbonyl (C=O) groups excluding carboxylic acids is 5. The summed E-state index contributed by atoms with van der Waals surface area (Å²) < 4.78 is 38.5. The Morgan fingerprint density at radius 3 is 2.31 bits per heavy atom. The summed E-state index contributed by atoms with van der Waals surface area (Å²) in [5.41, 5.74) is -2.32. The lowest BCUT2D eigenvalue weighted by Gasteiger charge is -2.47. The van der Waals surface area contributed by atoms with Crippen molar-refractivity contribution in [3.63, 3.8) is 0 Å². The molecule has 3 heterocycles. The zero-order chi connectivity index (χ0) is 40.8. The van der Waals surface area contributed by atoms with E-state index in [2.05, 4.69) is 4.98 Å². The number of likely N-dealkylation sites (N-methyl/N-ethyl adjacent to an activating group) is 1. The lowest BCUT2D eigenvalue weighted by atomic mass is 9.77. The van der Waals surface area contributed by atoms with Gasteiger partial charge in [0.25, 0.3) is 0 Å². The Hall–Kier alpha value is -4.24. The number of imidazole rings is 1. The molecule has 302 valence electrons. The summed E-state index contributed by atoms with van der Waals surface area (Å²) in [5, 5.41) is 0. The van der Waals surface area contributed by atoms with Crippen molar-refractivity contribution in [2.75, 3.05) is 21.2 Å². The number of hydrogen-bond acceptors (Lipinski definition) is 13. The molecule has 14 nitrogen and oxygen atoms in total. The third kappa shape index (κ3) is 9.96. The van der Waals surface area contributed by atoms with Gasteiger partial charge in [-0.15, -0.1) is 0 Å². The zero-order valence-corrected chi connectivity index (χ0v) is 33.8. The number of carbonyl (C=O) groups is 5. The van der Waals surface area contributed by atoms with Crippen LogP contribution in [0, 0.1) is 17.8 Å². The predicted octanol–water partition coefficient (Wildman–Crippen LogP) is 5.43. The number of aromatic nitrogens is 2. The van der Waals surface area contributed by atoms with Crippen LogP contribution in [0.5, 0.6) is 0 Å². The van der Waals surface area contributed by atoms with Gasteiger partial charge in [0, 0.05) is 31.3 Å². The average molecular weight is 768 g/mol. The Balaban J connectivity index is 1.78. The standard InChI is InChI=1S/C41H57N3O11/c1-12-31-40(7,55-39(49)44-19-18-42-23-44)21-24(2)32(45)25(3)22-41(8,50-11)35(27(5)33(46)28(6)36(47)52-31)54-38-34(30(43(9)10)20-26(4)51-38)53-37(48)29-16-14-13-15-17-29/h13-19,21,23,25-28,30-31,34-35,38H,12,20,22H2,1-11H3/b24-21+/t25-,26-,27+,28-,30+,31-,34-,35-,38+,40+,41+/m1/s1. The molecule has 1 saturated heterocycles. The monoisotopic (exact) mass is 767 g/mol. The van der Waals surface area contributed by atoms with Gasteiger partial charge in [-0.2, -0.15) is 0 Å². The van der Waals surface area contributed by atoms with E-state index < -0.39 is 77.4 Å². The van der Waals surface area contributed by atoms with Crippen molar-refractivity contribution in [3.8, 4) is 0 Å². The molecule has 0 unspecified atom stereocenters. The maximum atomic E-state index is 14.4. The molecule has 1 fully saturated rings. The van der Waals surface area contributed by atoms with Gasteiger partial charge in [0.1, 0.15) is 18.3 Å². The van der Waals surface area contributed by atoms with E-state index in [1.807, 2.05) is 25.9 Å². The molecule has 0 radical (unpaired) electrons. The number of nitrogens with zero attached hydrogens (tertiary/aromatic N) is 3. The van der Waals surface area contributed by atoms with Crippen molar-refractivity contribution < 1.29 is 52.4 Å². The maximum Gasteiger partial charge on any atom is 0.420 e. The molecule has 14 heteroatoms. The number of Topliss-reactive ketones (excluding diaryl/α,β-unsaturated/α-hetero) is 2. The number of ketones is 2. The summed E-state index contributed by atoms with van der Waals surface area (Å²) in [6.45, 7) is 13.4. The van der Waals surface area contributed by atoms with Crippen molar-refractivity contribution in [3.05, 3.63) is 66.3 Å². The Labute approximate surface area is 323 Å². The average Bonchev–Trinajstić information content (AvgIpc) is 3.70. The van der Waals surface area contributed by atoms with E-state index >= 15 is 0 Å². The Morgan fingerprint density at radius 2 is 1.73 bits per heavy atom. The summed E-state index contributed by atoms with van der Waals surface area (Å²) in [4.78, 5) is 74.9. The molecule has 1 aromatic heterocycles. The van der Waals surface area contributed by atoms with Crippen molar-refractivity contribution in [2.45, 2.75) is 123 Å². The first-order valence-corrected chi connectivity index (χ1v) is 18.8. The highest BCUT2D eigenvalue weighted by Crippen LogP contribution is 2.38. The van der Waals surface area contributed by atoms with Gasteiger partial charge >= 0.3 is 18.0 Å². The minimum atomic E-state index is -1.61. The van der Waals surface area contributed by atoms with Crippen molar-refractivity contribution >= 4 is 29.6 Å². The molecule has 0 N–H and O–H groups in total. The van der Waals surface area contributed by atoms with E-state index in [0.717, 1.165) is 4.57 Å². The highest BCUT2D eigenvalue weighted by atomic mass is 16.7. The van der Waals surface area contributed by atoms with E-state index in [1.54, 1.807) is 71.9 Å². The maximum absolute atomic E-state index is 14.4. The molecule has 11 atom stereocenters. The van der Waals surface area contributed by atoms with Gasteiger partial charge in [0.2, 0.25) is 0 Å². The Bertz CT molecular complexity index is 1700. The van der Waals surface area contributed by atoms with Crippen LogP contribution >= 0.6 is 0 Å². The van der Waals surface area contributed by atoms with E-state index in [4.69, 9.17) is 28.4 Å². The van der Waals surface area contributed by atoms with Crippen LogP contribution in [0.1, 0.15) is 85.0 Å². The fraction of sp³-hybridized carbons (Fsp3) is 0.610. The molecule has 2 aliphatic heterocycles. The first-order chi connectivity index (χ1) is 25.8. The van der Waals surface area contributed by atoms with Crippen molar-refractivity contribution in [1.29, 1.82) is 0 Å². The number of methoxy groups -OCH3 is 1. The SMILES string of the molecule is CC[C@H]1OC(=O)[C@H](C)C(=O)[C@H](C)[C@@H](O[C@@H]2O[C@H](C)C[C@H](N(C)C)[C@H]2OC(=O)c2ccccc2)[C@@](C)(OC)C[C@@H](C)C(=O)/C(C)=C/[C@]1(C)OC(=O)n1ccnc1. The molecular weight excluding hydrogens is 710 g/mol. The summed E-state index contributed by atoms with van der Waals surface area (Å²) in [6, 6.07) is 8.25. The van der Waals surface area contributed by atoms with E-state index in [-0.39, 0.29) is 36.3 Å². The third-order valence-corrected chi connectivity index (χ3v) is 10.9. The Morgan fingerprint density at radius 1 is 1.05 bits per heavy atom. The van der Waals surface area contributed by atoms with Crippen molar-refractivity contribution in [2.24, 2.45) is 17.8 Å².